The molecule has 0 spiro atoms. The summed E-state index contributed by atoms with van der Waals surface area (Å²) in [6.45, 7) is 4.71. The molecule has 9 heteroatoms. The molecular weight excluding hydrogens is 524 g/mol. The van der Waals surface area contributed by atoms with E-state index < -0.39 is 15.9 Å². The Morgan fingerprint density at radius 1 is 0.925 bits per heavy atom. The first-order valence-corrected chi connectivity index (χ1v) is 14.8. The van der Waals surface area contributed by atoms with Crippen LogP contribution in [0.2, 0.25) is 0 Å². The van der Waals surface area contributed by atoms with Crippen LogP contribution in [0.1, 0.15) is 59.8 Å². The third kappa shape index (κ3) is 7.89. The van der Waals surface area contributed by atoms with E-state index in [1.807, 2.05) is 60.8 Å². The number of carbonyl (C=O) groups excluding carboxylic acids is 2. The van der Waals surface area contributed by atoms with Crippen LogP contribution in [0.15, 0.2) is 102 Å². The highest BCUT2D eigenvalue weighted by Crippen LogP contribution is 2.23. The molecule has 2 N–H and O–H groups in total. The Morgan fingerprint density at radius 2 is 1.62 bits per heavy atom. The van der Waals surface area contributed by atoms with E-state index in [-0.39, 0.29) is 29.7 Å². The van der Waals surface area contributed by atoms with Crippen LogP contribution in [-0.2, 0) is 27.8 Å². The lowest BCUT2D eigenvalue weighted by molar-refractivity contribution is -0.119. The van der Waals surface area contributed by atoms with Crippen molar-refractivity contribution in [1.29, 1.82) is 0 Å². The number of nitrogens with zero attached hydrogens (tertiary/aromatic N) is 2. The first-order valence-electron chi connectivity index (χ1n) is 13.3. The van der Waals surface area contributed by atoms with Gasteiger partial charge in [-0.1, -0.05) is 74.5 Å². The maximum Gasteiger partial charge on any atom is 0.264 e. The molecule has 0 saturated carbocycles. The van der Waals surface area contributed by atoms with Crippen molar-refractivity contribution in [1.82, 2.24) is 19.8 Å². The molecule has 0 saturated heterocycles. The van der Waals surface area contributed by atoms with Gasteiger partial charge in [-0.15, -0.1) is 0 Å². The Morgan fingerprint density at radius 3 is 2.27 bits per heavy atom. The van der Waals surface area contributed by atoms with Crippen molar-refractivity contribution in [2.75, 3.05) is 0 Å². The second kappa shape index (κ2) is 13.2. The topological polar surface area (TPSA) is 110 Å². The monoisotopic (exact) mass is 558 g/mol. The normalized spacial score (nSPS) is 12.2. The molecule has 208 valence electrons. The van der Waals surface area contributed by atoms with E-state index in [2.05, 4.69) is 29.0 Å². The van der Waals surface area contributed by atoms with Gasteiger partial charge in [-0.3, -0.25) is 14.3 Å². The minimum absolute atomic E-state index is 0.0171. The average Bonchev–Trinajstić information content (AvgIpc) is 3.45. The fourth-order valence-electron chi connectivity index (χ4n) is 4.51. The van der Waals surface area contributed by atoms with Crippen molar-refractivity contribution in [2.24, 2.45) is 5.92 Å². The fourth-order valence-corrected chi connectivity index (χ4v) is 5.55. The van der Waals surface area contributed by atoms with E-state index in [4.69, 9.17) is 0 Å². The summed E-state index contributed by atoms with van der Waals surface area (Å²) < 4.78 is 29.0. The molecule has 0 aliphatic carbocycles. The summed E-state index contributed by atoms with van der Waals surface area (Å²) >= 11 is 0. The Bertz CT molecular complexity index is 1520. The van der Waals surface area contributed by atoms with E-state index in [0.29, 0.717) is 23.6 Å². The van der Waals surface area contributed by atoms with Crippen molar-refractivity contribution in [2.45, 2.75) is 50.6 Å². The van der Waals surface area contributed by atoms with Crippen LogP contribution in [0.4, 0.5) is 0 Å². The molecule has 0 bridgehead atoms. The van der Waals surface area contributed by atoms with Crippen LogP contribution in [0.5, 0.6) is 0 Å². The fraction of sp³-hybridized carbons (Fsp3) is 0.258. The number of hydrogen-bond donors (Lipinski definition) is 2. The second-order valence-electron chi connectivity index (χ2n) is 10.1. The zero-order valence-electron chi connectivity index (χ0n) is 22.7. The van der Waals surface area contributed by atoms with Crippen LogP contribution < -0.4 is 10.0 Å². The predicted molar refractivity (Wildman–Crippen MR) is 154 cm³/mol. The van der Waals surface area contributed by atoms with E-state index in [1.165, 1.54) is 12.1 Å². The summed E-state index contributed by atoms with van der Waals surface area (Å²) in [6, 6.07) is 24.8. The molecule has 1 atom stereocenters. The van der Waals surface area contributed by atoms with Crippen molar-refractivity contribution in [3.8, 4) is 0 Å². The molecule has 0 radical (unpaired) electrons. The maximum absolute atomic E-state index is 13.7. The van der Waals surface area contributed by atoms with Crippen LogP contribution >= 0.6 is 0 Å². The number of amides is 2. The van der Waals surface area contributed by atoms with Gasteiger partial charge in [0.1, 0.15) is 0 Å². The Kier molecular flexibility index (Phi) is 9.50. The smallest absolute Gasteiger partial charge is 0.264 e. The van der Waals surface area contributed by atoms with Crippen LogP contribution in [0, 0.1) is 5.92 Å². The quantitative estimate of drug-likeness (QED) is 0.257. The molecule has 1 aromatic heterocycles. The largest absolute Gasteiger partial charge is 0.345 e. The molecule has 0 fully saturated rings. The minimum atomic E-state index is -3.97. The van der Waals surface area contributed by atoms with Crippen molar-refractivity contribution in [3.05, 3.63) is 120 Å². The number of carbonyl (C=O) groups is 2. The number of aromatic nitrogens is 2. The number of aryl methyl sites for hydroxylation is 1. The van der Waals surface area contributed by atoms with Gasteiger partial charge in [0.25, 0.3) is 15.9 Å². The van der Waals surface area contributed by atoms with Gasteiger partial charge >= 0.3 is 0 Å². The molecule has 4 aromatic rings. The van der Waals surface area contributed by atoms with E-state index in [9.17, 15) is 18.0 Å². The molecular formula is C31H34N4O4S. The summed E-state index contributed by atoms with van der Waals surface area (Å²) in [5, 5.41) is 7.45. The zero-order chi connectivity index (χ0) is 28.5. The van der Waals surface area contributed by atoms with E-state index in [0.717, 1.165) is 17.5 Å². The van der Waals surface area contributed by atoms with Gasteiger partial charge in [0, 0.05) is 24.4 Å². The van der Waals surface area contributed by atoms with E-state index >= 15 is 0 Å². The lowest BCUT2D eigenvalue weighted by Gasteiger charge is -2.22. The van der Waals surface area contributed by atoms with Gasteiger partial charge in [-0.2, -0.15) is 5.10 Å². The van der Waals surface area contributed by atoms with Gasteiger partial charge in [-0.05, 0) is 59.7 Å². The molecule has 3 aromatic carbocycles. The highest BCUT2D eigenvalue weighted by molar-refractivity contribution is 7.90. The molecule has 2 amide bonds. The van der Waals surface area contributed by atoms with Crippen molar-refractivity contribution < 1.29 is 18.0 Å². The Hall–Kier alpha value is -4.24. The lowest BCUT2D eigenvalue weighted by Crippen LogP contribution is -2.32. The minimum Gasteiger partial charge on any atom is -0.345 e. The summed E-state index contributed by atoms with van der Waals surface area (Å²) in [4.78, 5) is 26.4. The van der Waals surface area contributed by atoms with E-state index in [1.54, 1.807) is 29.1 Å². The Balaban J connectivity index is 1.55. The predicted octanol–water partition coefficient (Wildman–Crippen LogP) is 4.89. The van der Waals surface area contributed by atoms with Crippen molar-refractivity contribution in [3.63, 3.8) is 0 Å². The van der Waals surface area contributed by atoms with Crippen LogP contribution in [0.3, 0.4) is 0 Å². The molecule has 1 unspecified atom stereocenters. The number of benzene rings is 3. The maximum atomic E-state index is 13.7. The molecule has 40 heavy (non-hydrogen) atoms. The van der Waals surface area contributed by atoms with Gasteiger partial charge in [0.05, 0.1) is 17.5 Å². The molecule has 0 aliphatic rings. The number of rotatable bonds is 12. The second-order valence-corrected chi connectivity index (χ2v) is 11.8. The standard InChI is InChI=1S/C31H34N4O4S/c1-23(2)20-29(26-10-5-3-6-11-26)33-31(37)28-21-24(22-35-19-9-18-32-35)14-15-25(28)16-17-30(36)34-40(38,39)27-12-7-4-8-13-27/h3-15,18-19,21,23,29H,16-17,20,22H2,1-2H3,(H,33,37)(H,34,36). The highest BCUT2D eigenvalue weighted by Gasteiger charge is 2.21. The summed E-state index contributed by atoms with van der Waals surface area (Å²) in [6.07, 6.45) is 4.40. The number of sulfonamides is 1. The number of hydrogen-bond acceptors (Lipinski definition) is 5. The zero-order valence-corrected chi connectivity index (χ0v) is 23.5. The summed E-state index contributed by atoms with van der Waals surface area (Å²) in [7, 11) is -3.97. The number of nitrogens with one attached hydrogen (secondary N) is 2. The average molecular weight is 559 g/mol. The highest BCUT2D eigenvalue weighted by atomic mass is 32.2. The molecule has 8 nitrogen and oxygen atoms in total. The van der Waals surface area contributed by atoms with Gasteiger partial charge in [0.15, 0.2) is 0 Å². The molecule has 1 heterocycles. The molecule has 4 rings (SSSR count). The third-order valence-electron chi connectivity index (χ3n) is 6.46. The van der Waals surface area contributed by atoms with Crippen molar-refractivity contribution >= 4 is 21.8 Å². The molecule has 0 aliphatic heterocycles. The van der Waals surface area contributed by atoms with Crippen LogP contribution in [-0.4, -0.2) is 30.0 Å². The van der Waals surface area contributed by atoms with Gasteiger partial charge < -0.3 is 5.32 Å². The van der Waals surface area contributed by atoms with Gasteiger partial charge in [-0.25, -0.2) is 13.1 Å². The van der Waals surface area contributed by atoms with Crippen LogP contribution in [0.25, 0.3) is 0 Å². The Labute approximate surface area is 235 Å². The lowest BCUT2D eigenvalue weighted by atomic mass is 9.95. The summed E-state index contributed by atoms with van der Waals surface area (Å²) in [5.41, 5.74) is 3.01. The third-order valence-corrected chi connectivity index (χ3v) is 7.85. The summed E-state index contributed by atoms with van der Waals surface area (Å²) in [5.74, 6) is -0.534. The first kappa shape index (κ1) is 28.8. The SMILES string of the molecule is CC(C)CC(NC(=O)c1cc(Cn2cccn2)ccc1CCC(=O)NS(=O)(=O)c1ccccc1)c1ccccc1. The van der Waals surface area contributed by atoms with Gasteiger partial charge in [0.2, 0.25) is 5.91 Å². The first-order chi connectivity index (χ1) is 19.2.